The van der Waals surface area contributed by atoms with E-state index in [4.69, 9.17) is 4.84 Å². The number of amides is 1. The molecule has 1 aromatic heterocycles. The van der Waals surface area contributed by atoms with Crippen molar-refractivity contribution in [3.05, 3.63) is 45.7 Å². The third kappa shape index (κ3) is 2.73. The fourth-order valence-electron chi connectivity index (χ4n) is 2.74. The van der Waals surface area contributed by atoms with Gasteiger partial charge in [0.15, 0.2) is 5.69 Å². The van der Waals surface area contributed by atoms with Crippen molar-refractivity contribution in [2.24, 2.45) is 0 Å². The smallest absolute Gasteiger partial charge is 0.277 e. The highest BCUT2D eigenvalue weighted by atomic mass is 79.9. The van der Waals surface area contributed by atoms with E-state index in [1.165, 1.54) is 7.11 Å². The van der Waals surface area contributed by atoms with Gasteiger partial charge in [0.05, 0.1) is 12.8 Å². The second-order valence-electron chi connectivity index (χ2n) is 5.01. The van der Waals surface area contributed by atoms with Crippen LogP contribution in [0.2, 0.25) is 0 Å². The minimum atomic E-state index is -0.288. The zero-order chi connectivity index (χ0) is 14.8. The normalized spacial score (nSPS) is 13.8. The molecule has 0 spiro atoms. The Labute approximate surface area is 131 Å². The van der Waals surface area contributed by atoms with Crippen LogP contribution in [0.15, 0.2) is 28.7 Å². The Balaban J connectivity index is 2.11. The molecule has 1 aliphatic carbocycles. The second kappa shape index (κ2) is 5.99. The van der Waals surface area contributed by atoms with Gasteiger partial charge < -0.3 is 0 Å². The molecule has 0 atom stereocenters. The molecule has 0 unspecified atom stereocenters. The Bertz CT molecular complexity index is 682. The molecule has 0 radical (unpaired) electrons. The number of carbonyl (C=O) groups is 1. The number of nitrogens with one attached hydrogen (secondary N) is 1. The number of rotatable bonds is 3. The monoisotopic (exact) mass is 349 g/mol. The Morgan fingerprint density at radius 2 is 2.19 bits per heavy atom. The minimum absolute atomic E-state index is 0.288. The van der Waals surface area contributed by atoms with Crippen molar-refractivity contribution >= 4 is 21.8 Å². The molecule has 0 saturated heterocycles. The van der Waals surface area contributed by atoms with E-state index >= 15 is 0 Å². The molecule has 3 rings (SSSR count). The van der Waals surface area contributed by atoms with Crippen molar-refractivity contribution in [2.75, 3.05) is 7.11 Å². The van der Waals surface area contributed by atoms with E-state index in [1.807, 2.05) is 28.9 Å². The first kappa shape index (κ1) is 14.3. The summed E-state index contributed by atoms with van der Waals surface area (Å²) in [7, 11) is 1.43. The molecular weight excluding hydrogens is 334 g/mol. The summed E-state index contributed by atoms with van der Waals surface area (Å²) in [5.41, 5.74) is 5.95. The van der Waals surface area contributed by atoms with E-state index in [2.05, 4.69) is 26.5 Å². The van der Waals surface area contributed by atoms with Gasteiger partial charge in [0.1, 0.15) is 0 Å². The van der Waals surface area contributed by atoms with E-state index < -0.39 is 0 Å². The molecule has 0 aliphatic heterocycles. The average molecular weight is 350 g/mol. The molecule has 5 nitrogen and oxygen atoms in total. The van der Waals surface area contributed by atoms with Crippen LogP contribution in [-0.2, 0) is 17.7 Å². The number of carbonyl (C=O) groups excluding carboxylic acids is 1. The van der Waals surface area contributed by atoms with E-state index in [9.17, 15) is 4.79 Å². The number of hydroxylamine groups is 1. The zero-order valence-electron chi connectivity index (χ0n) is 11.7. The van der Waals surface area contributed by atoms with E-state index in [-0.39, 0.29) is 5.91 Å². The van der Waals surface area contributed by atoms with Crippen LogP contribution in [-0.4, -0.2) is 22.8 Å². The number of hydrogen-bond donors (Lipinski definition) is 1. The Hall–Kier alpha value is -1.66. The van der Waals surface area contributed by atoms with Crippen molar-refractivity contribution in [1.82, 2.24) is 15.3 Å². The van der Waals surface area contributed by atoms with Gasteiger partial charge in [-0.05, 0) is 43.9 Å². The standard InChI is InChI=1S/C15H16BrN3O2/c1-21-18-15(20)14-12-7-2-3-8-13(12)19(17-14)11-6-4-5-10(16)9-11/h4-6,9H,2-3,7-8H2,1H3,(H,18,20). The summed E-state index contributed by atoms with van der Waals surface area (Å²) < 4.78 is 2.87. The summed E-state index contributed by atoms with van der Waals surface area (Å²) in [6, 6.07) is 7.92. The summed E-state index contributed by atoms with van der Waals surface area (Å²) in [4.78, 5) is 16.8. The number of aromatic nitrogens is 2. The predicted molar refractivity (Wildman–Crippen MR) is 82.4 cm³/mol. The average Bonchev–Trinajstić information content (AvgIpc) is 2.87. The minimum Gasteiger partial charge on any atom is -0.277 e. The van der Waals surface area contributed by atoms with E-state index in [0.717, 1.165) is 47.1 Å². The first-order chi connectivity index (χ1) is 10.2. The maximum absolute atomic E-state index is 12.1. The number of halogens is 1. The number of nitrogens with zero attached hydrogens (tertiary/aromatic N) is 2. The van der Waals surface area contributed by atoms with Crippen LogP contribution < -0.4 is 5.48 Å². The first-order valence-corrected chi connectivity index (χ1v) is 7.70. The van der Waals surface area contributed by atoms with Crippen molar-refractivity contribution in [2.45, 2.75) is 25.7 Å². The lowest BCUT2D eigenvalue weighted by atomic mass is 9.95. The van der Waals surface area contributed by atoms with Crippen LogP contribution >= 0.6 is 15.9 Å². The zero-order valence-corrected chi connectivity index (χ0v) is 13.3. The molecule has 2 aromatic rings. The highest BCUT2D eigenvalue weighted by Gasteiger charge is 2.25. The molecule has 0 bridgehead atoms. The highest BCUT2D eigenvalue weighted by molar-refractivity contribution is 9.10. The van der Waals surface area contributed by atoms with Gasteiger partial charge in [-0.25, -0.2) is 10.2 Å². The van der Waals surface area contributed by atoms with Gasteiger partial charge in [-0.3, -0.25) is 9.63 Å². The Kier molecular flexibility index (Phi) is 4.07. The maximum atomic E-state index is 12.1. The van der Waals surface area contributed by atoms with Crippen LogP contribution in [0.3, 0.4) is 0 Å². The lowest BCUT2D eigenvalue weighted by Crippen LogP contribution is -2.23. The summed E-state index contributed by atoms with van der Waals surface area (Å²) >= 11 is 3.48. The lowest BCUT2D eigenvalue weighted by molar-refractivity contribution is 0.0531. The maximum Gasteiger partial charge on any atom is 0.295 e. The molecule has 6 heteroatoms. The summed E-state index contributed by atoms with van der Waals surface area (Å²) in [5, 5.41) is 4.53. The van der Waals surface area contributed by atoms with Crippen molar-refractivity contribution in [3.8, 4) is 5.69 Å². The predicted octanol–water partition coefficient (Wildman–Crippen LogP) is 2.80. The molecular formula is C15H16BrN3O2. The van der Waals surface area contributed by atoms with E-state index in [0.29, 0.717) is 5.69 Å². The summed E-state index contributed by atoms with van der Waals surface area (Å²) in [5.74, 6) is -0.288. The molecule has 21 heavy (non-hydrogen) atoms. The largest absolute Gasteiger partial charge is 0.295 e. The van der Waals surface area contributed by atoms with Crippen LogP contribution in [0.25, 0.3) is 5.69 Å². The number of fused-ring (bicyclic) bond motifs is 1. The second-order valence-corrected chi connectivity index (χ2v) is 5.92. The topological polar surface area (TPSA) is 56.1 Å². The molecule has 0 fully saturated rings. The molecule has 0 saturated carbocycles. The van der Waals surface area contributed by atoms with Crippen molar-refractivity contribution < 1.29 is 9.63 Å². The van der Waals surface area contributed by atoms with Crippen LogP contribution in [0.5, 0.6) is 0 Å². The SMILES string of the molecule is CONC(=O)c1nn(-c2cccc(Br)c2)c2c1CCCC2. The lowest BCUT2D eigenvalue weighted by Gasteiger charge is -2.14. The third-order valence-electron chi connectivity index (χ3n) is 3.64. The van der Waals surface area contributed by atoms with Crippen LogP contribution in [0.4, 0.5) is 0 Å². The quantitative estimate of drug-likeness (QED) is 0.866. The Morgan fingerprint density at radius 1 is 1.38 bits per heavy atom. The van der Waals surface area contributed by atoms with Gasteiger partial charge in [0.2, 0.25) is 0 Å². The van der Waals surface area contributed by atoms with Crippen molar-refractivity contribution in [1.29, 1.82) is 0 Å². The fourth-order valence-corrected chi connectivity index (χ4v) is 3.13. The van der Waals surface area contributed by atoms with Crippen LogP contribution in [0, 0.1) is 0 Å². The number of hydrogen-bond acceptors (Lipinski definition) is 3. The van der Waals surface area contributed by atoms with Gasteiger partial charge in [-0.1, -0.05) is 22.0 Å². The Morgan fingerprint density at radius 3 is 2.95 bits per heavy atom. The summed E-state index contributed by atoms with van der Waals surface area (Å²) in [6.45, 7) is 0. The molecule has 1 N–H and O–H groups in total. The van der Waals surface area contributed by atoms with Gasteiger partial charge in [0, 0.05) is 15.7 Å². The molecule has 1 aliphatic rings. The molecule has 110 valence electrons. The molecule has 1 heterocycles. The van der Waals surface area contributed by atoms with Crippen LogP contribution in [0.1, 0.15) is 34.6 Å². The summed E-state index contributed by atoms with van der Waals surface area (Å²) in [6.07, 6.45) is 4.04. The van der Waals surface area contributed by atoms with Gasteiger partial charge >= 0.3 is 0 Å². The number of benzene rings is 1. The molecule has 1 aromatic carbocycles. The van der Waals surface area contributed by atoms with Gasteiger partial charge in [0.25, 0.3) is 5.91 Å². The van der Waals surface area contributed by atoms with Crippen molar-refractivity contribution in [3.63, 3.8) is 0 Å². The highest BCUT2D eigenvalue weighted by Crippen LogP contribution is 2.27. The van der Waals surface area contributed by atoms with E-state index in [1.54, 1.807) is 0 Å². The fraction of sp³-hybridized carbons (Fsp3) is 0.333. The molecule has 1 amide bonds. The van der Waals surface area contributed by atoms with Gasteiger partial charge in [-0.15, -0.1) is 0 Å². The van der Waals surface area contributed by atoms with Gasteiger partial charge in [-0.2, -0.15) is 5.10 Å². The first-order valence-electron chi connectivity index (χ1n) is 6.90. The third-order valence-corrected chi connectivity index (χ3v) is 4.14.